The Bertz CT molecular complexity index is 1670. The number of phenolic OH excluding ortho intramolecular Hbond substituents is 4. The van der Waals surface area contributed by atoms with E-state index < -0.39 is 23.4 Å². The van der Waals surface area contributed by atoms with Gasteiger partial charge in [0, 0.05) is 11.8 Å². The number of aryl methyl sites for hydroxylation is 1. The molecular formula is C30H22O7. The largest absolute Gasteiger partial charge is 0.507 e. The number of hydrogen-bond donors (Lipinski definition) is 5. The number of phenols is 4. The molecule has 2 unspecified atom stereocenters. The van der Waals surface area contributed by atoms with E-state index in [0.29, 0.717) is 33.4 Å². The summed E-state index contributed by atoms with van der Waals surface area (Å²) in [5, 5.41) is 53.1. The van der Waals surface area contributed by atoms with E-state index in [1.165, 1.54) is 24.3 Å². The van der Waals surface area contributed by atoms with Gasteiger partial charge in [-0.05, 0) is 64.6 Å². The van der Waals surface area contributed by atoms with Gasteiger partial charge in [0.2, 0.25) is 11.6 Å². The molecule has 0 heterocycles. The first-order valence-electron chi connectivity index (χ1n) is 11.8. The van der Waals surface area contributed by atoms with Crippen LogP contribution in [0.2, 0.25) is 0 Å². The maximum atomic E-state index is 13.6. The van der Waals surface area contributed by atoms with E-state index >= 15 is 0 Å². The standard InChI is InChI=1S/C30H22O7/c1-13-8-17-23(15-4-2-6-19(32)25(15)29(36)27(17)21(34)9-13)24-16-5-3-7-20(33)26(16)30(37)28-18(24)10-14(12-31)11-22(28)35/h2-11,23-24,31-35H,12H2,1H3. The van der Waals surface area contributed by atoms with Crippen molar-refractivity contribution >= 4 is 11.6 Å². The van der Waals surface area contributed by atoms with Crippen molar-refractivity contribution < 1.29 is 35.1 Å². The molecule has 7 nitrogen and oxygen atoms in total. The Morgan fingerprint density at radius 3 is 1.57 bits per heavy atom. The molecule has 184 valence electrons. The average Bonchev–Trinajstić information content (AvgIpc) is 2.84. The molecule has 4 aromatic rings. The molecule has 0 radical (unpaired) electrons. The first-order chi connectivity index (χ1) is 17.7. The number of benzene rings is 4. The number of ketones is 2. The molecule has 0 aromatic heterocycles. The second-order valence-corrected chi connectivity index (χ2v) is 9.58. The lowest BCUT2D eigenvalue weighted by molar-refractivity contribution is 0.101. The lowest BCUT2D eigenvalue weighted by Crippen LogP contribution is -2.29. The Kier molecular flexibility index (Phi) is 4.90. The van der Waals surface area contributed by atoms with Gasteiger partial charge < -0.3 is 25.5 Å². The van der Waals surface area contributed by atoms with E-state index in [1.54, 1.807) is 43.3 Å². The van der Waals surface area contributed by atoms with E-state index in [-0.39, 0.29) is 51.9 Å². The van der Waals surface area contributed by atoms with Crippen LogP contribution in [0.1, 0.15) is 77.1 Å². The van der Waals surface area contributed by atoms with Crippen molar-refractivity contribution in [2.45, 2.75) is 25.4 Å². The summed E-state index contributed by atoms with van der Waals surface area (Å²) in [6.45, 7) is 1.40. The molecule has 0 saturated carbocycles. The highest BCUT2D eigenvalue weighted by Crippen LogP contribution is 2.55. The fourth-order valence-electron chi connectivity index (χ4n) is 6.01. The molecule has 0 bridgehead atoms. The van der Waals surface area contributed by atoms with E-state index in [1.807, 2.05) is 0 Å². The van der Waals surface area contributed by atoms with E-state index in [9.17, 15) is 35.1 Å². The van der Waals surface area contributed by atoms with Crippen molar-refractivity contribution in [3.63, 3.8) is 0 Å². The minimum absolute atomic E-state index is 0.00627. The third-order valence-electron chi connectivity index (χ3n) is 7.41. The Balaban J connectivity index is 1.77. The van der Waals surface area contributed by atoms with Gasteiger partial charge in [-0.3, -0.25) is 9.59 Å². The van der Waals surface area contributed by atoms with E-state index in [4.69, 9.17) is 0 Å². The number of aromatic hydroxyl groups is 4. The first kappa shape index (κ1) is 22.8. The number of fused-ring (bicyclic) bond motifs is 4. The van der Waals surface area contributed by atoms with Gasteiger partial charge in [-0.25, -0.2) is 0 Å². The van der Waals surface area contributed by atoms with Gasteiger partial charge in [-0.15, -0.1) is 0 Å². The minimum Gasteiger partial charge on any atom is -0.507 e. The number of aliphatic hydroxyl groups excluding tert-OH is 1. The van der Waals surface area contributed by atoms with Gasteiger partial charge in [-0.1, -0.05) is 36.4 Å². The molecule has 0 amide bonds. The van der Waals surface area contributed by atoms with Gasteiger partial charge in [0.1, 0.15) is 23.0 Å². The summed E-state index contributed by atoms with van der Waals surface area (Å²) in [6.07, 6.45) is 0. The number of hydrogen-bond acceptors (Lipinski definition) is 7. The summed E-state index contributed by atoms with van der Waals surface area (Å²) in [7, 11) is 0. The molecule has 5 N–H and O–H groups in total. The second kappa shape index (κ2) is 7.94. The van der Waals surface area contributed by atoms with Gasteiger partial charge in [0.25, 0.3) is 0 Å². The van der Waals surface area contributed by atoms with Crippen molar-refractivity contribution in [1.82, 2.24) is 0 Å². The summed E-state index contributed by atoms with van der Waals surface area (Å²) in [4.78, 5) is 27.1. The average molecular weight is 494 g/mol. The fourth-order valence-corrected chi connectivity index (χ4v) is 6.01. The third-order valence-corrected chi connectivity index (χ3v) is 7.41. The van der Waals surface area contributed by atoms with E-state index in [0.717, 1.165) is 0 Å². The van der Waals surface area contributed by atoms with Crippen LogP contribution in [-0.2, 0) is 6.61 Å². The molecule has 6 rings (SSSR count). The van der Waals surface area contributed by atoms with Gasteiger partial charge in [0.05, 0.1) is 28.9 Å². The van der Waals surface area contributed by atoms with Crippen LogP contribution in [0.5, 0.6) is 23.0 Å². The number of carbonyl (C=O) groups is 2. The summed E-state index contributed by atoms with van der Waals surface area (Å²) in [5.41, 5.74) is 3.05. The Hall–Kier alpha value is -4.62. The zero-order valence-corrected chi connectivity index (χ0v) is 19.7. The highest BCUT2D eigenvalue weighted by atomic mass is 16.3. The van der Waals surface area contributed by atoms with Crippen molar-refractivity contribution in [3.05, 3.63) is 116 Å². The normalized spacial score (nSPS) is 17.6. The maximum Gasteiger partial charge on any atom is 0.201 e. The molecule has 37 heavy (non-hydrogen) atoms. The minimum atomic E-state index is -0.721. The topological polar surface area (TPSA) is 135 Å². The van der Waals surface area contributed by atoms with Crippen LogP contribution in [0, 0.1) is 6.92 Å². The Morgan fingerprint density at radius 1 is 0.595 bits per heavy atom. The monoisotopic (exact) mass is 494 g/mol. The smallest absolute Gasteiger partial charge is 0.201 e. The van der Waals surface area contributed by atoms with Crippen LogP contribution in [0.3, 0.4) is 0 Å². The molecule has 0 saturated heterocycles. The first-order valence-corrected chi connectivity index (χ1v) is 11.8. The lowest BCUT2D eigenvalue weighted by atomic mass is 9.63. The molecule has 0 spiro atoms. The predicted molar refractivity (Wildman–Crippen MR) is 134 cm³/mol. The molecule has 2 atom stereocenters. The van der Waals surface area contributed by atoms with Crippen LogP contribution in [0.4, 0.5) is 0 Å². The highest BCUT2D eigenvalue weighted by molar-refractivity contribution is 6.18. The number of aliphatic hydroxyl groups is 1. The van der Waals surface area contributed by atoms with Crippen molar-refractivity contribution in [1.29, 1.82) is 0 Å². The van der Waals surface area contributed by atoms with E-state index in [2.05, 4.69) is 0 Å². The molecule has 0 fully saturated rings. The second-order valence-electron chi connectivity index (χ2n) is 9.58. The van der Waals surface area contributed by atoms with Crippen LogP contribution in [0.25, 0.3) is 0 Å². The summed E-state index contributed by atoms with van der Waals surface area (Å²) < 4.78 is 0. The molecule has 2 aliphatic rings. The van der Waals surface area contributed by atoms with Crippen molar-refractivity contribution in [3.8, 4) is 23.0 Å². The van der Waals surface area contributed by atoms with Crippen LogP contribution < -0.4 is 0 Å². The van der Waals surface area contributed by atoms with Gasteiger partial charge >= 0.3 is 0 Å². The zero-order valence-electron chi connectivity index (χ0n) is 19.7. The molecule has 7 heteroatoms. The van der Waals surface area contributed by atoms with Crippen molar-refractivity contribution in [2.24, 2.45) is 0 Å². The van der Waals surface area contributed by atoms with Gasteiger partial charge in [-0.2, -0.15) is 0 Å². The maximum absolute atomic E-state index is 13.6. The van der Waals surface area contributed by atoms with Crippen LogP contribution in [-0.4, -0.2) is 37.1 Å². The third kappa shape index (κ3) is 3.11. The highest BCUT2D eigenvalue weighted by Gasteiger charge is 2.45. The molecule has 2 aliphatic carbocycles. The van der Waals surface area contributed by atoms with Crippen molar-refractivity contribution in [2.75, 3.05) is 0 Å². The predicted octanol–water partition coefficient (Wildman–Crippen LogP) is 4.36. The zero-order chi connectivity index (χ0) is 26.2. The van der Waals surface area contributed by atoms with Crippen LogP contribution in [0.15, 0.2) is 60.7 Å². The fraction of sp³-hybridized carbons (Fsp3) is 0.133. The number of rotatable bonds is 2. The van der Waals surface area contributed by atoms with Gasteiger partial charge in [0.15, 0.2) is 0 Å². The SMILES string of the molecule is Cc1cc(O)c2c(c1)C(C1c3cccc(O)c3C(=O)c3c(O)cc(CO)cc31)c1cccc(O)c1C2=O. The Labute approximate surface area is 211 Å². The Morgan fingerprint density at radius 2 is 1.05 bits per heavy atom. The lowest BCUT2D eigenvalue weighted by Gasteiger charge is -2.38. The number of carbonyl (C=O) groups excluding carboxylic acids is 2. The molecule has 4 aromatic carbocycles. The summed E-state index contributed by atoms with van der Waals surface area (Å²) >= 11 is 0. The van der Waals surface area contributed by atoms with Crippen LogP contribution >= 0.6 is 0 Å². The molecule has 0 aliphatic heterocycles. The summed E-state index contributed by atoms with van der Waals surface area (Å²) in [5.74, 6) is -3.55. The summed E-state index contributed by atoms with van der Waals surface area (Å²) in [6, 6.07) is 15.7. The quantitative estimate of drug-likeness (QED) is 0.279. The molecular weight excluding hydrogens is 472 g/mol.